The summed E-state index contributed by atoms with van der Waals surface area (Å²) in [6, 6.07) is 9.46. The van der Waals surface area contributed by atoms with E-state index in [9.17, 15) is 4.79 Å². The highest BCUT2D eigenvalue weighted by molar-refractivity contribution is 7.98. The summed E-state index contributed by atoms with van der Waals surface area (Å²) in [5.41, 5.74) is 2.62. The van der Waals surface area contributed by atoms with Crippen LogP contribution in [0.3, 0.4) is 0 Å². The van der Waals surface area contributed by atoms with Crippen molar-refractivity contribution in [1.29, 1.82) is 0 Å². The van der Waals surface area contributed by atoms with Crippen molar-refractivity contribution in [3.63, 3.8) is 0 Å². The average molecular weight is 397 g/mol. The Kier molecular flexibility index (Phi) is 4.63. The van der Waals surface area contributed by atoms with Gasteiger partial charge < -0.3 is 4.42 Å². The highest BCUT2D eigenvalue weighted by atomic mass is 32.2. The van der Waals surface area contributed by atoms with Crippen molar-refractivity contribution in [2.24, 2.45) is 7.05 Å². The highest BCUT2D eigenvalue weighted by Gasteiger charge is 2.22. The number of hydrogen-bond acceptors (Lipinski definition) is 7. The Morgan fingerprint density at radius 2 is 1.89 bits per heavy atom. The molecule has 0 N–H and O–H groups in total. The molecule has 0 fully saturated rings. The molecule has 9 nitrogen and oxygen atoms in total. The lowest BCUT2D eigenvalue weighted by molar-refractivity contribution is 0.489. The van der Waals surface area contributed by atoms with Gasteiger partial charge in [0.25, 0.3) is 5.56 Å². The lowest BCUT2D eigenvalue weighted by Gasteiger charge is -2.07. The standard InChI is InChI=1S/C18H19N7O2S/c1-11-13(3)27-15(19-11)10-28-18-20-21-22-24(18)16-12(2)23(4)25(17(16)26)14-8-6-5-7-9-14/h5-9H,10H2,1-4H3. The number of benzene rings is 1. The van der Waals surface area contributed by atoms with Crippen LogP contribution in [0.5, 0.6) is 0 Å². The van der Waals surface area contributed by atoms with E-state index >= 15 is 0 Å². The lowest BCUT2D eigenvalue weighted by atomic mass is 10.3. The summed E-state index contributed by atoms with van der Waals surface area (Å²) in [6.45, 7) is 5.64. The van der Waals surface area contributed by atoms with E-state index in [1.807, 2.05) is 58.2 Å². The molecule has 1 aromatic carbocycles. The molecular weight excluding hydrogens is 378 g/mol. The van der Waals surface area contributed by atoms with Crippen molar-refractivity contribution in [3.8, 4) is 11.4 Å². The molecule has 28 heavy (non-hydrogen) atoms. The number of aryl methyl sites for hydroxylation is 2. The number of thioether (sulfide) groups is 1. The Hall–Kier alpha value is -3.14. The van der Waals surface area contributed by atoms with Crippen LogP contribution in [-0.4, -0.2) is 34.6 Å². The summed E-state index contributed by atoms with van der Waals surface area (Å²) in [7, 11) is 1.84. The van der Waals surface area contributed by atoms with Crippen molar-refractivity contribution in [1.82, 2.24) is 34.6 Å². The quantitative estimate of drug-likeness (QED) is 0.477. The van der Waals surface area contributed by atoms with Crippen molar-refractivity contribution in [3.05, 3.63) is 63.7 Å². The fraction of sp³-hybridized carbons (Fsp3) is 0.278. The molecule has 0 aliphatic rings. The van der Waals surface area contributed by atoms with Crippen LogP contribution in [0.25, 0.3) is 11.4 Å². The molecule has 3 heterocycles. The molecule has 4 rings (SSSR count). The van der Waals surface area contributed by atoms with E-state index in [4.69, 9.17) is 4.42 Å². The fourth-order valence-electron chi connectivity index (χ4n) is 2.93. The van der Waals surface area contributed by atoms with Gasteiger partial charge in [0, 0.05) is 7.05 Å². The molecule has 3 aromatic heterocycles. The number of para-hydroxylation sites is 1. The second-order valence-corrected chi connectivity index (χ2v) is 7.26. The van der Waals surface area contributed by atoms with Gasteiger partial charge in [-0.2, -0.15) is 4.68 Å². The van der Waals surface area contributed by atoms with Crippen molar-refractivity contribution >= 4 is 11.8 Å². The van der Waals surface area contributed by atoms with Gasteiger partial charge >= 0.3 is 0 Å². The van der Waals surface area contributed by atoms with Crippen LogP contribution in [0.15, 0.2) is 44.7 Å². The van der Waals surface area contributed by atoms with Crippen molar-refractivity contribution in [2.45, 2.75) is 31.7 Å². The summed E-state index contributed by atoms with van der Waals surface area (Å²) in [5.74, 6) is 1.86. The van der Waals surface area contributed by atoms with Gasteiger partial charge in [0.05, 0.1) is 22.8 Å². The largest absolute Gasteiger partial charge is 0.445 e. The zero-order valence-electron chi connectivity index (χ0n) is 15.9. The molecule has 0 saturated heterocycles. The van der Waals surface area contributed by atoms with Crippen molar-refractivity contribution in [2.75, 3.05) is 0 Å². The van der Waals surface area contributed by atoms with E-state index in [1.165, 1.54) is 16.4 Å². The minimum atomic E-state index is -0.192. The van der Waals surface area contributed by atoms with Gasteiger partial charge in [-0.05, 0) is 43.3 Å². The third-order valence-electron chi connectivity index (χ3n) is 4.57. The molecule has 4 aromatic rings. The maximum atomic E-state index is 13.2. The second kappa shape index (κ2) is 7.12. The Morgan fingerprint density at radius 3 is 2.57 bits per heavy atom. The second-order valence-electron chi connectivity index (χ2n) is 6.32. The molecule has 144 valence electrons. The van der Waals surface area contributed by atoms with Gasteiger partial charge in [0.2, 0.25) is 11.0 Å². The Morgan fingerprint density at radius 1 is 1.14 bits per heavy atom. The molecule has 0 atom stereocenters. The van der Waals surface area contributed by atoms with Gasteiger partial charge in [0.1, 0.15) is 5.76 Å². The minimum Gasteiger partial charge on any atom is -0.445 e. The Balaban J connectivity index is 1.71. The number of nitrogens with zero attached hydrogens (tertiary/aromatic N) is 7. The smallest absolute Gasteiger partial charge is 0.297 e. The van der Waals surface area contributed by atoms with E-state index in [0.717, 1.165) is 22.8 Å². The first kappa shape index (κ1) is 18.2. The maximum Gasteiger partial charge on any atom is 0.297 e. The Bertz CT molecular complexity index is 1170. The number of tetrazole rings is 1. The van der Waals surface area contributed by atoms with E-state index in [1.54, 1.807) is 9.36 Å². The normalized spacial score (nSPS) is 11.3. The van der Waals surface area contributed by atoms with Gasteiger partial charge in [-0.15, -0.1) is 5.10 Å². The predicted octanol–water partition coefficient (Wildman–Crippen LogP) is 2.36. The van der Waals surface area contributed by atoms with E-state index in [-0.39, 0.29) is 5.56 Å². The summed E-state index contributed by atoms with van der Waals surface area (Å²) in [4.78, 5) is 17.5. The molecule has 0 unspecified atom stereocenters. The zero-order valence-corrected chi connectivity index (χ0v) is 16.8. The molecule has 0 radical (unpaired) electrons. The van der Waals surface area contributed by atoms with E-state index in [0.29, 0.717) is 22.5 Å². The first-order valence-electron chi connectivity index (χ1n) is 8.66. The first-order valence-corrected chi connectivity index (χ1v) is 9.64. The number of oxazole rings is 1. The van der Waals surface area contributed by atoms with Gasteiger partial charge in [-0.1, -0.05) is 30.0 Å². The summed E-state index contributed by atoms with van der Waals surface area (Å²) in [5, 5.41) is 12.4. The zero-order chi connectivity index (χ0) is 19.8. The number of rotatable bonds is 5. The fourth-order valence-corrected chi connectivity index (χ4v) is 3.65. The summed E-state index contributed by atoms with van der Waals surface area (Å²) >= 11 is 1.37. The highest BCUT2D eigenvalue weighted by Crippen LogP contribution is 2.24. The molecule has 0 aliphatic heterocycles. The van der Waals surface area contributed by atoms with Crippen LogP contribution in [0.4, 0.5) is 0 Å². The maximum absolute atomic E-state index is 13.2. The van der Waals surface area contributed by atoms with E-state index < -0.39 is 0 Å². The summed E-state index contributed by atoms with van der Waals surface area (Å²) in [6.07, 6.45) is 0. The lowest BCUT2D eigenvalue weighted by Crippen LogP contribution is -2.22. The monoisotopic (exact) mass is 397 g/mol. The van der Waals surface area contributed by atoms with Gasteiger partial charge in [-0.3, -0.25) is 9.48 Å². The van der Waals surface area contributed by atoms with Crippen LogP contribution < -0.4 is 5.56 Å². The summed E-state index contributed by atoms with van der Waals surface area (Å²) < 4.78 is 10.5. The molecular formula is C18H19N7O2S. The van der Waals surface area contributed by atoms with Crippen LogP contribution in [0.2, 0.25) is 0 Å². The number of aromatic nitrogens is 7. The molecule has 0 saturated carbocycles. The predicted molar refractivity (Wildman–Crippen MR) is 104 cm³/mol. The molecule has 0 aliphatic carbocycles. The minimum absolute atomic E-state index is 0.192. The first-order chi connectivity index (χ1) is 13.5. The topological polar surface area (TPSA) is 96.6 Å². The third-order valence-corrected chi connectivity index (χ3v) is 5.48. The Labute approximate surface area is 165 Å². The van der Waals surface area contributed by atoms with Crippen LogP contribution in [-0.2, 0) is 12.8 Å². The van der Waals surface area contributed by atoms with Crippen LogP contribution in [0, 0.1) is 20.8 Å². The SMILES string of the molecule is Cc1nc(CSc2nnnn2-c2c(C)n(C)n(-c3ccccc3)c2=O)oc1C. The molecule has 0 bridgehead atoms. The molecule has 10 heteroatoms. The third kappa shape index (κ3) is 3.05. The van der Waals surface area contributed by atoms with Gasteiger partial charge in [-0.25, -0.2) is 9.67 Å². The van der Waals surface area contributed by atoms with Crippen LogP contribution in [0.1, 0.15) is 23.0 Å². The molecule has 0 spiro atoms. The van der Waals surface area contributed by atoms with E-state index in [2.05, 4.69) is 20.5 Å². The molecule has 0 amide bonds. The average Bonchev–Trinajstić information content (AvgIpc) is 3.32. The van der Waals surface area contributed by atoms with Crippen LogP contribution >= 0.6 is 11.8 Å². The van der Waals surface area contributed by atoms with Crippen molar-refractivity contribution < 1.29 is 4.42 Å². The van der Waals surface area contributed by atoms with Gasteiger partial charge in [0.15, 0.2) is 5.69 Å². The number of hydrogen-bond donors (Lipinski definition) is 0.